The van der Waals surface area contributed by atoms with Crippen molar-refractivity contribution in [3.63, 3.8) is 0 Å². The molecule has 1 aromatic rings. The van der Waals surface area contributed by atoms with Gasteiger partial charge in [-0.1, -0.05) is 19.9 Å². The normalized spacial score (nSPS) is 17.4. The van der Waals surface area contributed by atoms with Crippen molar-refractivity contribution in [1.29, 1.82) is 0 Å². The van der Waals surface area contributed by atoms with Crippen LogP contribution in [0, 0.1) is 0 Å². The predicted molar refractivity (Wildman–Crippen MR) is 86.3 cm³/mol. The van der Waals surface area contributed by atoms with Crippen LogP contribution in [0.5, 0.6) is 11.5 Å². The van der Waals surface area contributed by atoms with Crippen LogP contribution in [0.25, 0.3) is 0 Å². The van der Waals surface area contributed by atoms with Gasteiger partial charge in [-0.25, -0.2) is 0 Å². The Balaban J connectivity index is 1.86. The summed E-state index contributed by atoms with van der Waals surface area (Å²) in [4.78, 5) is 2.46. The first-order chi connectivity index (χ1) is 10.3. The Kier molecular flexibility index (Phi) is 6.33. The molecule has 0 aromatic heterocycles. The van der Waals surface area contributed by atoms with Gasteiger partial charge >= 0.3 is 0 Å². The molecule has 4 nitrogen and oxygen atoms in total. The zero-order chi connectivity index (χ0) is 15.1. The predicted octanol–water partition coefficient (Wildman–Crippen LogP) is 2.84. The van der Waals surface area contributed by atoms with Crippen molar-refractivity contribution in [3.8, 4) is 11.5 Å². The Hall–Kier alpha value is -1.26. The van der Waals surface area contributed by atoms with Crippen LogP contribution in [-0.4, -0.2) is 44.8 Å². The second kappa shape index (κ2) is 8.25. The third-order valence-electron chi connectivity index (χ3n) is 4.20. The monoisotopic (exact) mass is 292 g/mol. The van der Waals surface area contributed by atoms with Crippen LogP contribution < -0.4 is 14.8 Å². The van der Waals surface area contributed by atoms with E-state index in [0.29, 0.717) is 6.04 Å². The summed E-state index contributed by atoms with van der Waals surface area (Å²) < 4.78 is 11.0. The second-order valence-corrected chi connectivity index (χ2v) is 5.43. The molecule has 1 atom stereocenters. The number of fused-ring (bicyclic) bond motifs is 1. The zero-order valence-electron chi connectivity index (χ0n) is 13.5. The van der Waals surface area contributed by atoms with Crippen LogP contribution in [0.4, 0.5) is 0 Å². The number of nitrogens with zero attached hydrogens (tertiary/aromatic N) is 1. The second-order valence-electron chi connectivity index (χ2n) is 5.43. The summed E-state index contributed by atoms with van der Waals surface area (Å²) >= 11 is 0. The summed E-state index contributed by atoms with van der Waals surface area (Å²) in [6.45, 7) is 9.70. The summed E-state index contributed by atoms with van der Waals surface area (Å²) in [5.41, 5.74) is 1.25. The number of ether oxygens (including phenoxy) is 2. The van der Waals surface area contributed by atoms with Crippen LogP contribution in [0.3, 0.4) is 0 Å². The summed E-state index contributed by atoms with van der Waals surface area (Å²) in [5.74, 6) is 1.82. The molecule has 1 N–H and O–H groups in total. The van der Waals surface area contributed by atoms with Crippen molar-refractivity contribution in [3.05, 3.63) is 23.8 Å². The van der Waals surface area contributed by atoms with E-state index in [1.807, 2.05) is 12.1 Å². The summed E-state index contributed by atoms with van der Waals surface area (Å²) in [6.07, 6.45) is 2.22. The third-order valence-corrected chi connectivity index (χ3v) is 4.20. The summed E-state index contributed by atoms with van der Waals surface area (Å²) in [7, 11) is 1.69. The molecule has 0 bridgehead atoms. The average Bonchev–Trinajstić information content (AvgIpc) is 2.54. The lowest BCUT2D eigenvalue weighted by Crippen LogP contribution is -2.31. The van der Waals surface area contributed by atoms with Gasteiger partial charge in [0.2, 0.25) is 0 Å². The van der Waals surface area contributed by atoms with Crippen molar-refractivity contribution in [2.45, 2.75) is 32.7 Å². The molecule has 21 heavy (non-hydrogen) atoms. The summed E-state index contributed by atoms with van der Waals surface area (Å²) in [6, 6.07) is 6.52. The smallest absolute Gasteiger partial charge is 0.127 e. The number of rotatable bonds is 8. The van der Waals surface area contributed by atoms with E-state index in [-0.39, 0.29) is 0 Å². The standard InChI is InChI=1S/C17H28N2O2/c1-4-19(5-2)11-6-10-18-16-9-12-21-17-13-14(20-3)7-8-15(16)17/h7-8,13,16,18H,4-6,9-12H2,1-3H3. The van der Waals surface area contributed by atoms with Gasteiger partial charge in [0.05, 0.1) is 13.7 Å². The molecule has 0 saturated heterocycles. The molecule has 1 aromatic carbocycles. The van der Waals surface area contributed by atoms with E-state index >= 15 is 0 Å². The molecule has 4 heteroatoms. The highest BCUT2D eigenvalue weighted by Crippen LogP contribution is 2.34. The minimum absolute atomic E-state index is 0.399. The largest absolute Gasteiger partial charge is 0.497 e. The molecule has 0 radical (unpaired) electrons. The van der Waals surface area contributed by atoms with Crippen molar-refractivity contribution >= 4 is 0 Å². The Bertz CT molecular complexity index is 433. The first-order valence-corrected chi connectivity index (χ1v) is 8.05. The molecule has 0 fully saturated rings. The van der Waals surface area contributed by atoms with E-state index in [2.05, 4.69) is 30.1 Å². The maximum absolute atomic E-state index is 5.75. The molecule has 0 aliphatic carbocycles. The molecule has 2 rings (SSSR count). The molecule has 1 unspecified atom stereocenters. The highest BCUT2D eigenvalue weighted by Gasteiger charge is 2.21. The SMILES string of the molecule is CCN(CC)CCCNC1CCOc2cc(OC)ccc21. The fourth-order valence-electron chi connectivity index (χ4n) is 2.83. The number of hydrogen-bond acceptors (Lipinski definition) is 4. The van der Waals surface area contributed by atoms with E-state index in [1.165, 1.54) is 18.5 Å². The fourth-order valence-corrected chi connectivity index (χ4v) is 2.83. The lowest BCUT2D eigenvalue weighted by Gasteiger charge is -2.27. The first-order valence-electron chi connectivity index (χ1n) is 8.05. The van der Waals surface area contributed by atoms with E-state index in [4.69, 9.17) is 9.47 Å². The van der Waals surface area contributed by atoms with Crippen LogP contribution in [0.1, 0.15) is 38.3 Å². The van der Waals surface area contributed by atoms with E-state index in [9.17, 15) is 0 Å². The van der Waals surface area contributed by atoms with Crippen LogP contribution in [0.2, 0.25) is 0 Å². The number of nitrogens with one attached hydrogen (secondary N) is 1. The average molecular weight is 292 g/mol. The number of methoxy groups -OCH3 is 1. The van der Waals surface area contributed by atoms with Crippen molar-refractivity contribution in [2.75, 3.05) is 39.9 Å². The van der Waals surface area contributed by atoms with Gasteiger partial charge < -0.3 is 19.7 Å². The van der Waals surface area contributed by atoms with Gasteiger partial charge in [-0.15, -0.1) is 0 Å². The molecule has 1 heterocycles. The first kappa shape index (κ1) is 16.1. The molecule has 0 amide bonds. The molecule has 0 spiro atoms. The maximum atomic E-state index is 5.75. The van der Waals surface area contributed by atoms with Crippen LogP contribution >= 0.6 is 0 Å². The van der Waals surface area contributed by atoms with Crippen molar-refractivity contribution < 1.29 is 9.47 Å². The van der Waals surface area contributed by atoms with E-state index in [0.717, 1.165) is 44.2 Å². The highest BCUT2D eigenvalue weighted by atomic mass is 16.5. The lowest BCUT2D eigenvalue weighted by atomic mass is 10.00. The van der Waals surface area contributed by atoms with E-state index in [1.54, 1.807) is 7.11 Å². The topological polar surface area (TPSA) is 33.7 Å². The molecular formula is C17H28N2O2. The van der Waals surface area contributed by atoms with E-state index < -0.39 is 0 Å². The minimum atomic E-state index is 0.399. The van der Waals surface area contributed by atoms with Gasteiger partial charge in [-0.2, -0.15) is 0 Å². The molecule has 1 aliphatic heterocycles. The zero-order valence-corrected chi connectivity index (χ0v) is 13.5. The highest BCUT2D eigenvalue weighted by molar-refractivity contribution is 5.43. The lowest BCUT2D eigenvalue weighted by molar-refractivity contribution is 0.247. The van der Waals surface area contributed by atoms with Gasteiger partial charge in [-0.05, 0) is 38.7 Å². The minimum Gasteiger partial charge on any atom is -0.497 e. The Morgan fingerprint density at radius 3 is 2.86 bits per heavy atom. The Morgan fingerprint density at radius 2 is 2.14 bits per heavy atom. The van der Waals surface area contributed by atoms with Gasteiger partial charge in [-0.3, -0.25) is 0 Å². The summed E-state index contributed by atoms with van der Waals surface area (Å²) in [5, 5.41) is 3.67. The Labute approximate surface area is 128 Å². The van der Waals surface area contributed by atoms with Gasteiger partial charge in [0.15, 0.2) is 0 Å². The fraction of sp³-hybridized carbons (Fsp3) is 0.647. The molecule has 118 valence electrons. The van der Waals surface area contributed by atoms with Crippen LogP contribution in [-0.2, 0) is 0 Å². The van der Waals surface area contributed by atoms with Gasteiger partial charge in [0.1, 0.15) is 11.5 Å². The maximum Gasteiger partial charge on any atom is 0.127 e. The van der Waals surface area contributed by atoms with Gasteiger partial charge in [0.25, 0.3) is 0 Å². The Morgan fingerprint density at radius 1 is 1.33 bits per heavy atom. The van der Waals surface area contributed by atoms with Crippen molar-refractivity contribution in [2.24, 2.45) is 0 Å². The van der Waals surface area contributed by atoms with Crippen LogP contribution in [0.15, 0.2) is 18.2 Å². The van der Waals surface area contributed by atoms with Gasteiger partial charge in [0, 0.05) is 24.1 Å². The van der Waals surface area contributed by atoms with Crippen molar-refractivity contribution in [1.82, 2.24) is 10.2 Å². The molecule has 0 saturated carbocycles. The quantitative estimate of drug-likeness (QED) is 0.747. The molecular weight excluding hydrogens is 264 g/mol. The number of hydrogen-bond donors (Lipinski definition) is 1. The third kappa shape index (κ3) is 4.35. The molecule has 1 aliphatic rings. The number of benzene rings is 1.